The fourth-order valence-electron chi connectivity index (χ4n) is 2.45. The lowest BCUT2D eigenvalue weighted by Crippen LogP contribution is -2.12. The molecule has 0 saturated heterocycles. The molecule has 26 heavy (non-hydrogen) atoms. The second-order valence-corrected chi connectivity index (χ2v) is 6.25. The van der Waals surface area contributed by atoms with Gasteiger partial charge in [0, 0.05) is 11.1 Å². The van der Waals surface area contributed by atoms with Crippen molar-refractivity contribution < 1.29 is 13.6 Å². The Labute approximate surface area is 152 Å². The molecule has 0 spiro atoms. The van der Waals surface area contributed by atoms with Gasteiger partial charge in [-0.3, -0.25) is 10.1 Å². The highest BCUT2D eigenvalue weighted by molar-refractivity contribution is 7.08. The molecule has 0 fully saturated rings. The van der Waals surface area contributed by atoms with E-state index in [1.54, 1.807) is 11.3 Å². The normalized spacial score (nSPS) is 10.7. The smallest absolute Gasteiger partial charge is 0.322 e. The third kappa shape index (κ3) is 3.38. The molecule has 2 aromatic heterocycles. The first-order valence-electron chi connectivity index (χ1n) is 7.72. The molecule has 128 valence electrons. The zero-order chi connectivity index (χ0) is 17.9. The average Bonchev–Trinajstić information content (AvgIpc) is 3.34. The molecule has 2 heterocycles. The third-order valence-corrected chi connectivity index (χ3v) is 4.38. The topological polar surface area (TPSA) is 68.0 Å². The van der Waals surface area contributed by atoms with Gasteiger partial charge in [-0.1, -0.05) is 23.3 Å². The number of halogens is 1. The number of rotatable bonds is 4. The SMILES string of the molecule is O=C(Nc1nnc(-c2cccc(-c3ccsc3)c2)o1)c1cccc(F)c1. The number of nitrogens with one attached hydrogen (secondary N) is 1. The van der Waals surface area contributed by atoms with Gasteiger partial charge in [0.05, 0.1) is 0 Å². The van der Waals surface area contributed by atoms with Crippen molar-refractivity contribution in [3.05, 3.63) is 76.7 Å². The molecule has 2 aromatic carbocycles. The second kappa shape index (κ2) is 6.89. The minimum absolute atomic E-state index is 0.0461. The van der Waals surface area contributed by atoms with E-state index in [2.05, 4.69) is 20.9 Å². The first-order valence-corrected chi connectivity index (χ1v) is 8.67. The summed E-state index contributed by atoms with van der Waals surface area (Å²) >= 11 is 1.62. The molecule has 0 bridgehead atoms. The standard InChI is InChI=1S/C19H12FN3O2S/c20-16-6-2-4-13(10-16)17(24)21-19-23-22-18(25-19)14-5-1-3-12(9-14)15-7-8-26-11-15/h1-11H,(H,21,23,24). The summed E-state index contributed by atoms with van der Waals surface area (Å²) in [4.78, 5) is 12.1. The Hall–Kier alpha value is -3.32. The molecule has 7 heteroatoms. The predicted molar refractivity (Wildman–Crippen MR) is 97.4 cm³/mol. The van der Waals surface area contributed by atoms with Crippen LogP contribution >= 0.6 is 11.3 Å². The fourth-order valence-corrected chi connectivity index (χ4v) is 3.11. The highest BCUT2D eigenvalue weighted by Crippen LogP contribution is 2.27. The zero-order valence-electron chi connectivity index (χ0n) is 13.3. The molecule has 1 amide bonds. The van der Waals surface area contributed by atoms with Crippen LogP contribution in [0.2, 0.25) is 0 Å². The van der Waals surface area contributed by atoms with Gasteiger partial charge in [0.25, 0.3) is 5.91 Å². The summed E-state index contributed by atoms with van der Waals surface area (Å²) in [6.45, 7) is 0. The van der Waals surface area contributed by atoms with Gasteiger partial charge in [0.15, 0.2) is 0 Å². The lowest BCUT2D eigenvalue weighted by atomic mass is 10.1. The molecule has 0 atom stereocenters. The minimum Gasteiger partial charge on any atom is -0.403 e. The van der Waals surface area contributed by atoms with Crippen molar-refractivity contribution in [1.29, 1.82) is 0 Å². The molecule has 0 saturated carbocycles. The van der Waals surface area contributed by atoms with Crippen LogP contribution in [-0.2, 0) is 0 Å². The number of carbonyl (C=O) groups excluding carboxylic acids is 1. The Morgan fingerprint density at radius 2 is 1.85 bits per heavy atom. The van der Waals surface area contributed by atoms with Crippen molar-refractivity contribution in [2.45, 2.75) is 0 Å². The van der Waals surface area contributed by atoms with Crippen LogP contribution in [0.4, 0.5) is 10.4 Å². The lowest BCUT2D eigenvalue weighted by molar-refractivity contribution is 0.102. The third-order valence-electron chi connectivity index (χ3n) is 3.70. The van der Waals surface area contributed by atoms with Crippen molar-refractivity contribution in [3.63, 3.8) is 0 Å². The van der Waals surface area contributed by atoms with Gasteiger partial charge in [-0.25, -0.2) is 4.39 Å². The van der Waals surface area contributed by atoms with Crippen molar-refractivity contribution in [2.24, 2.45) is 0 Å². The Balaban J connectivity index is 1.55. The van der Waals surface area contributed by atoms with Crippen LogP contribution in [0.15, 0.2) is 69.8 Å². The maximum atomic E-state index is 13.2. The highest BCUT2D eigenvalue weighted by Gasteiger charge is 2.13. The van der Waals surface area contributed by atoms with Crippen molar-refractivity contribution >= 4 is 23.3 Å². The number of benzene rings is 2. The number of thiophene rings is 1. The van der Waals surface area contributed by atoms with Crippen molar-refractivity contribution in [3.8, 4) is 22.6 Å². The van der Waals surface area contributed by atoms with E-state index in [1.807, 2.05) is 35.7 Å². The molecular weight excluding hydrogens is 353 g/mol. The van der Waals surface area contributed by atoms with E-state index in [9.17, 15) is 9.18 Å². The molecule has 5 nitrogen and oxygen atoms in total. The Morgan fingerprint density at radius 1 is 1.00 bits per heavy atom. The molecule has 4 aromatic rings. The quantitative estimate of drug-likeness (QED) is 0.561. The zero-order valence-corrected chi connectivity index (χ0v) is 14.2. The Morgan fingerprint density at radius 3 is 2.65 bits per heavy atom. The first-order chi connectivity index (χ1) is 12.7. The predicted octanol–water partition coefficient (Wildman–Crippen LogP) is 4.86. The van der Waals surface area contributed by atoms with Gasteiger partial charge >= 0.3 is 6.01 Å². The first kappa shape index (κ1) is 16.2. The number of anilines is 1. The monoisotopic (exact) mass is 365 g/mol. The summed E-state index contributed by atoms with van der Waals surface area (Å²) in [5.74, 6) is -0.725. The van der Waals surface area contributed by atoms with E-state index in [1.165, 1.54) is 18.2 Å². The van der Waals surface area contributed by atoms with E-state index in [-0.39, 0.29) is 17.5 Å². The summed E-state index contributed by atoms with van der Waals surface area (Å²) in [5, 5.41) is 14.3. The average molecular weight is 365 g/mol. The molecule has 4 rings (SSSR count). The number of amides is 1. The molecule has 0 aliphatic rings. The molecule has 0 aliphatic heterocycles. The lowest BCUT2D eigenvalue weighted by Gasteiger charge is -2.01. The van der Waals surface area contributed by atoms with E-state index >= 15 is 0 Å². The van der Waals surface area contributed by atoms with Gasteiger partial charge in [0.2, 0.25) is 5.89 Å². The molecule has 0 unspecified atom stereocenters. The number of hydrogen-bond acceptors (Lipinski definition) is 5. The number of nitrogens with zero attached hydrogens (tertiary/aromatic N) is 2. The van der Waals surface area contributed by atoms with Gasteiger partial charge in [-0.05, 0) is 58.3 Å². The van der Waals surface area contributed by atoms with E-state index < -0.39 is 11.7 Å². The van der Waals surface area contributed by atoms with Crippen LogP contribution in [0.3, 0.4) is 0 Å². The van der Waals surface area contributed by atoms with Crippen LogP contribution in [-0.4, -0.2) is 16.1 Å². The fraction of sp³-hybridized carbons (Fsp3) is 0. The van der Waals surface area contributed by atoms with Crippen LogP contribution in [0, 0.1) is 5.82 Å². The van der Waals surface area contributed by atoms with Crippen molar-refractivity contribution in [1.82, 2.24) is 10.2 Å². The number of carbonyl (C=O) groups is 1. The largest absolute Gasteiger partial charge is 0.403 e. The highest BCUT2D eigenvalue weighted by atomic mass is 32.1. The van der Waals surface area contributed by atoms with E-state index in [0.717, 1.165) is 22.8 Å². The summed E-state index contributed by atoms with van der Waals surface area (Å²) in [7, 11) is 0. The van der Waals surface area contributed by atoms with Gasteiger partial charge < -0.3 is 4.42 Å². The van der Waals surface area contributed by atoms with Crippen LogP contribution in [0.1, 0.15) is 10.4 Å². The number of aromatic nitrogens is 2. The maximum absolute atomic E-state index is 13.2. The minimum atomic E-state index is -0.522. The van der Waals surface area contributed by atoms with Crippen LogP contribution in [0.25, 0.3) is 22.6 Å². The van der Waals surface area contributed by atoms with Gasteiger partial charge in [0.1, 0.15) is 5.82 Å². The Kier molecular flexibility index (Phi) is 4.28. The van der Waals surface area contributed by atoms with Gasteiger partial charge in [-0.15, -0.1) is 5.10 Å². The number of hydrogen-bond donors (Lipinski definition) is 1. The van der Waals surface area contributed by atoms with E-state index in [4.69, 9.17) is 4.42 Å². The Bertz CT molecular complexity index is 1060. The summed E-state index contributed by atoms with van der Waals surface area (Å²) in [6.07, 6.45) is 0. The maximum Gasteiger partial charge on any atom is 0.322 e. The summed E-state index contributed by atoms with van der Waals surface area (Å²) in [6, 6.07) is 15.0. The van der Waals surface area contributed by atoms with E-state index in [0.29, 0.717) is 0 Å². The molecule has 0 aliphatic carbocycles. The second-order valence-electron chi connectivity index (χ2n) is 5.47. The summed E-state index contributed by atoms with van der Waals surface area (Å²) in [5.41, 5.74) is 3.06. The molecule has 1 N–H and O–H groups in total. The summed E-state index contributed by atoms with van der Waals surface area (Å²) < 4.78 is 18.7. The van der Waals surface area contributed by atoms with Crippen molar-refractivity contribution in [2.75, 3.05) is 5.32 Å². The molecular formula is C19H12FN3O2S. The van der Waals surface area contributed by atoms with Crippen LogP contribution in [0.5, 0.6) is 0 Å². The van der Waals surface area contributed by atoms with Crippen LogP contribution < -0.4 is 5.32 Å². The van der Waals surface area contributed by atoms with Gasteiger partial charge in [-0.2, -0.15) is 11.3 Å². The molecule has 0 radical (unpaired) electrons.